The highest BCUT2D eigenvalue weighted by atomic mass is 32.2. The summed E-state index contributed by atoms with van der Waals surface area (Å²) in [5.74, 6) is 0. The number of hydrogen-bond donors (Lipinski definition) is 1. The maximum absolute atomic E-state index is 11.1. The van der Waals surface area contributed by atoms with Crippen LogP contribution in [0.15, 0.2) is 46.2 Å². The molecule has 0 atom stereocenters. The van der Waals surface area contributed by atoms with Gasteiger partial charge in [0.15, 0.2) is 0 Å². The molecule has 5 heteroatoms. The van der Waals surface area contributed by atoms with Crippen LogP contribution in [0, 0.1) is 0 Å². The molecular formula is C10H7O3S2. The zero-order valence-electron chi connectivity index (χ0n) is 7.54. The van der Waals surface area contributed by atoms with E-state index in [0.717, 1.165) is 0 Å². The lowest BCUT2D eigenvalue weighted by molar-refractivity contribution is 0.484. The highest BCUT2D eigenvalue weighted by Gasteiger charge is 2.14. The molecule has 0 heterocycles. The SMILES string of the molecule is O=S(=O)(O)c1cc([S])cc2ccccc12. The molecule has 2 rings (SSSR count). The van der Waals surface area contributed by atoms with Gasteiger partial charge >= 0.3 is 0 Å². The fraction of sp³-hybridized carbons (Fsp3) is 0. The van der Waals surface area contributed by atoms with Crippen LogP contribution in [0.4, 0.5) is 0 Å². The summed E-state index contributed by atoms with van der Waals surface area (Å²) in [4.78, 5) is 0.256. The summed E-state index contributed by atoms with van der Waals surface area (Å²) in [5, 5.41) is 1.19. The van der Waals surface area contributed by atoms with Crippen LogP contribution in [-0.2, 0) is 10.1 Å². The lowest BCUT2D eigenvalue weighted by Crippen LogP contribution is -1.99. The number of hydrogen-bond acceptors (Lipinski definition) is 2. The highest BCUT2D eigenvalue weighted by molar-refractivity contribution is 7.86. The van der Waals surface area contributed by atoms with Crippen molar-refractivity contribution in [3.63, 3.8) is 0 Å². The Bertz CT molecular complexity index is 618. The average molecular weight is 239 g/mol. The molecule has 0 saturated carbocycles. The first-order chi connectivity index (χ1) is 6.98. The van der Waals surface area contributed by atoms with Crippen LogP contribution in [-0.4, -0.2) is 13.0 Å². The molecule has 77 valence electrons. The molecule has 0 fully saturated rings. The molecule has 0 aromatic heterocycles. The molecule has 1 N–H and O–H groups in total. The predicted molar refractivity (Wildman–Crippen MR) is 59.6 cm³/mol. The molecule has 0 aliphatic heterocycles. The van der Waals surface area contributed by atoms with Gasteiger partial charge in [-0.2, -0.15) is 8.42 Å². The van der Waals surface area contributed by atoms with E-state index in [9.17, 15) is 8.42 Å². The Kier molecular flexibility index (Phi) is 2.38. The third-order valence-electron chi connectivity index (χ3n) is 2.08. The summed E-state index contributed by atoms with van der Waals surface area (Å²) >= 11 is 4.92. The van der Waals surface area contributed by atoms with Gasteiger partial charge in [0.1, 0.15) is 4.90 Å². The third kappa shape index (κ3) is 1.94. The van der Waals surface area contributed by atoms with Crippen molar-refractivity contribution in [2.75, 3.05) is 0 Å². The van der Waals surface area contributed by atoms with Crippen molar-refractivity contribution >= 4 is 33.5 Å². The first-order valence-electron chi connectivity index (χ1n) is 4.16. The van der Waals surface area contributed by atoms with Gasteiger partial charge < -0.3 is 0 Å². The van der Waals surface area contributed by atoms with Crippen LogP contribution in [0.5, 0.6) is 0 Å². The van der Waals surface area contributed by atoms with Gasteiger partial charge in [-0.1, -0.05) is 36.9 Å². The van der Waals surface area contributed by atoms with Crippen molar-refractivity contribution < 1.29 is 13.0 Å². The lowest BCUT2D eigenvalue weighted by atomic mass is 10.1. The summed E-state index contributed by atoms with van der Waals surface area (Å²) in [6.07, 6.45) is 0. The van der Waals surface area contributed by atoms with Gasteiger partial charge in [-0.05, 0) is 17.5 Å². The third-order valence-corrected chi connectivity index (χ3v) is 3.20. The van der Waals surface area contributed by atoms with Crippen LogP contribution in [0.3, 0.4) is 0 Å². The Morgan fingerprint density at radius 3 is 2.47 bits per heavy atom. The first-order valence-corrected chi connectivity index (χ1v) is 6.00. The summed E-state index contributed by atoms with van der Waals surface area (Å²) < 4.78 is 31.3. The van der Waals surface area contributed by atoms with Crippen molar-refractivity contribution in [1.29, 1.82) is 0 Å². The minimum absolute atomic E-state index is 0.134. The molecule has 2 aromatic rings. The quantitative estimate of drug-likeness (QED) is 0.778. The first kappa shape index (κ1) is 10.4. The van der Waals surface area contributed by atoms with Gasteiger partial charge in [0.25, 0.3) is 10.1 Å². The van der Waals surface area contributed by atoms with E-state index in [1.807, 2.05) is 0 Å². The molecular weight excluding hydrogens is 232 g/mol. The molecule has 0 bridgehead atoms. The van der Waals surface area contributed by atoms with E-state index in [0.29, 0.717) is 15.7 Å². The standard InChI is InChI=1S/C10H7O3S2/c11-15(12,13)10-6-8(14)5-7-3-1-2-4-9(7)10/h1-6H,(H,11,12,13). The van der Waals surface area contributed by atoms with Gasteiger partial charge in [-0.3, -0.25) is 4.55 Å². The maximum atomic E-state index is 11.1. The molecule has 15 heavy (non-hydrogen) atoms. The smallest absolute Gasteiger partial charge is 0.282 e. The zero-order valence-corrected chi connectivity index (χ0v) is 9.18. The van der Waals surface area contributed by atoms with Crippen molar-refractivity contribution in [1.82, 2.24) is 0 Å². The van der Waals surface area contributed by atoms with Crippen molar-refractivity contribution in [3.8, 4) is 0 Å². The van der Waals surface area contributed by atoms with E-state index in [1.54, 1.807) is 30.3 Å². The Morgan fingerprint density at radius 2 is 1.80 bits per heavy atom. The fourth-order valence-corrected chi connectivity index (χ4v) is 2.52. The summed E-state index contributed by atoms with van der Waals surface area (Å²) in [7, 11) is -4.22. The minimum Gasteiger partial charge on any atom is -0.282 e. The van der Waals surface area contributed by atoms with Gasteiger partial charge in [0.05, 0.1) is 0 Å². The summed E-state index contributed by atoms with van der Waals surface area (Å²) in [5.41, 5.74) is 0. The lowest BCUT2D eigenvalue weighted by Gasteiger charge is -2.04. The van der Waals surface area contributed by atoms with Crippen LogP contribution >= 0.6 is 12.6 Å². The van der Waals surface area contributed by atoms with Crippen LogP contribution in [0.1, 0.15) is 0 Å². The zero-order chi connectivity index (χ0) is 11.1. The van der Waals surface area contributed by atoms with Crippen LogP contribution in [0.25, 0.3) is 10.8 Å². The predicted octanol–water partition coefficient (Wildman–Crippen LogP) is 2.64. The monoisotopic (exact) mass is 239 g/mol. The topological polar surface area (TPSA) is 54.4 Å². The Balaban J connectivity index is 2.96. The van der Waals surface area contributed by atoms with Crippen molar-refractivity contribution in [2.45, 2.75) is 9.79 Å². The molecule has 0 aliphatic rings. The summed E-state index contributed by atoms with van der Waals surface area (Å²) in [6.45, 7) is 0. The highest BCUT2D eigenvalue weighted by Crippen LogP contribution is 2.26. The maximum Gasteiger partial charge on any atom is 0.295 e. The molecule has 2 aromatic carbocycles. The minimum atomic E-state index is -4.22. The van der Waals surface area contributed by atoms with Crippen molar-refractivity contribution in [3.05, 3.63) is 36.4 Å². The second-order valence-electron chi connectivity index (χ2n) is 3.12. The molecule has 0 saturated heterocycles. The molecule has 0 spiro atoms. The van der Waals surface area contributed by atoms with E-state index >= 15 is 0 Å². The van der Waals surface area contributed by atoms with E-state index in [4.69, 9.17) is 17.2 Å². The Hall–Kier alpha value is -1.17. The fourth-order valence-electron chi connectivity index (χ4n) is 1.46. The number of benzene rings is 2. The average Bonchev–Trinajstić information content (AvgIpc) is 2.15. The second kappa shape index (κ2) is 3.44. The molecule has 0 unspecified atom stereocenters. The summed E-state index contributed by atoms with van der Waals surface area (Å²) in [6, 6.07) is 9.85. The van der Waals surface area contributed by atoms with Gasteiger partial charge in [0.2, 0.25) is 0 Å². The number of fused-ring (bicyclic) bond motifs is 1. The van der Waals surface area contributed by atoms with Gasteiger partial charge in [-0.25, -0.2) is 0 Å². The largest absolute Gasteiger partial charge is 0.295 e. The Morgan fingerprint density at radius 1 is 1.13 bits per heavy atom. The van der Waals surface area contributed by atoms with Gasteiger partial charge in [0, 0.05) is 10.3 Å². The van der Waals surface area contributed by atoms with Crippen molar-refractivity contribution in [2.24, 2.45) is 0 Å². The molecule has 1 radical (unpaired) electrons. The van der Waals surface area contributed by atoms with E-state index in [-0.39, 0.29) is 4.90 Å². The molecule has 3 nitrogen and oxygen atoms in total. The second-order valence-corrected chi connectivity index (χ2v) is 4.98. The normalized spacial score (nSPS) is 11.8. The van der Waals surface area contributed by atoms with E-state index < -0.39 is 10.1 Å². The molecule has 0 aliphatic carbocycles. The number of rotatable bonds is 1. The molecule has 0 amide bonds. The van der Waals surface area contributed by atoms with Crippen LogP contribution < -0.4 is 0 Å². The van der Waals surface area contributed by atoms with E-state index in [2.05, 4.69) is 0 Å². The van der Waals surface area contributed by atoms with Gasteiger partial charge in [-0.15, -0.1) is 0 Å². The van der Waals surface area contributed by atoms with Crippen LogP contribution in [0.2, 0.25) is 0 Å². The Labute approximate surface area is 92.9 Å². The van der Waals surface area contributed by atoms with E-state index in [1.165, 1.54) is 6.07 Å².